The Bertz CT molecular complexity index is 1160. The Labute approximate surface area is 168 Å². The second-order valence-corrected chi connectivity index (χ2v) is 6.40. The van der Waals surface area contributed by atoms with Gasteiger partial charge in [0.15, 0.2) is 11.2 Å². The highest BCUT2D eigenvalue weighted by atomic mass is 16.6. The fourth-order valence-corrected chi connectivity index (χ4v) is 2.83. The van der Waals surface area contributed by atoms with Crippen LogP contribution in [0.25, 0.3) is 11.2 Å². The molecule has 3 aromatic rings. The third-order valence-corrected chi connectivity index (χ3v) is 4.29. The molecule has 1 aromatic carbocycles. The van der Waals surface area contributed by atoms with Crippen molar-refractivity contribution in [3.63, 3.8) is 0 Å². The molecule has 0 aliphatic carbocycles. The van der Waals surface area contributed by atoms with Crippen molar-refractivity contribution in [3.05, 3.63) is 55.2 Å². The van der Waals surface area contributed by atoms with E-state index in [0.717, 1.165) is 4.57 Å². The van der Waals surface area contributed by atoms with Gasteiger partial charge in [-0.15, -0.1) is 0 Å². The van der Waals surface area contributed by atoms with Gasteiger partial charge in [0.1, 0.15) is 18.5 Å². The van der Waals surface area contributed by atoms with E-state index in [1.807, 2.05) is 0 Å². The maximum Gasteiger partial charge on any atom is 0.329 e. The van der Waals surface area contributed by atoms with E-state index in [-0.39, 0.29) is 49.1 Å². The normalized spacial score (nSPS) is 12.1. The number of anilines is 1. The number of nitrogens with one attached hydrogen (secondary N) is 2. The van der Waals surface area contributed by atoms with Crippen LogP contribution < -0.4 is 21.3 Å². The molecular weight excluding hydrogens is 400 g/mol. The first-order valence-corrected chi connectivity index (χ1v) is 8.91. The smallest absolute Gasteiger partial charge is 0.329 e. The van der Waals surface area contributed by atoms with Crippen LogP contribution in [0.5, 0.6) is 5.75 Å². The fourth-order valence-electron chi connectivity index (χ4n) is 2.83. The average molecular weight is 420 g/mol. The molecule has 0 aliphatic rings. The van der Waals surface area contributed by atoms with Gasteiger partial charge in [-0.25, -0.2) is 4.79 Å². The minimum Gasteiger partial charge on any atom is -0.491 e. The van der Waals surface area contributed by atoms with Crippen molar-refractivity contribution in [1.82, 2.24) is 19.1 Å². The zero-order valence-corrected chi connectivity index (χ0v) is 15.9. The molecule has 0 saturated carbocycles. The lowest BCUT2D eigenvalue weighted by Crippen LogP contribution is -2.31. The Kier molecular flexibility index (Phi) is 6.13. The summed E-state index contributed by atoms with van der Waals surface area (Å²) in [7, 11) is 1.45. The standard InChI is InChI=1S/C17H20N6O7/c1-21-14-13(15(26)20-17(21)27)22(16(19-14)18-6-7-24)8-11(25)9-30-12-4-2-10(3-5-12)23(28)29/h2-5,11,24-25H,6-9H2,1H3,(H,18,19)(H,20,26,27). The molecule has 1 atom stereocenters. The summed E-state index contributed by atoms with van der Waals surface area (Å²) in [5, 5.41) is 33.0. The number of H-pyrrole nitrogens is 1. The van der Waals surface area contributed by atoms with Gasteiger partial charge in [0.05, 0.1) is 18.1 Å². The number of aliphatic hydroxyl groups is 2. The predicted octanol–water partition coefficient (Wildman–Crippen LogP) is -0.824. The first-order chi connectivity index (χ1) is 14.3. The van der Waals surface area contributed by atoms with Gasteiger partial charge < -0.3 is 24.8 Å². The van der Waals surface area contributed by atoms with Gasteiger partial charge in [-0.2, -0.15) is 4.98 Å². The summed E-state index contributed by atoms with van der Waals surface area (Å²) in [5.74, 6) is 0.522. The van der Waals surface area contributed by atoms with Crippen LogP contribution in [0.4, 0.5) is 11.6 Å². The van der Waals surface area contributed by atoms with Crippen LogP contribution in [0.3, 0.4) is 0 Å². The van der Waals surface area contributed by atoms with Gasteiger partial charge in [0.25, 0.3) is 11.2 Å². The number of nitrogens with zero attached hydrogens (tertiary/aromatic N) is 4. The van der Waals surface area contributed by atoms with Crippen LogP contribution in [0.15, 0.2) is 33.9 Å². The van der Waals surface area contributed by atoms with Gasteiger partial charge in [-0.1, -0.05) is 0 Å². The SMILES string of the molecule is Cn1c(=O)[nH]c(=O)c2c1nc(NCCO)n2CC(O)COc1ccc([N+](=O)[O-])cc1. The summed E-state index contributed by atoms with van der Waals surface area (Å²) in [6, 6.07) is 5.38. The van der Waals surface area contributed by atoms with Gasteiger partial charge in [-0.3, -0.25) is 24.5 Å². The van der Waals surface area contributed by atoms with Crippen molar-refractivity contribution in [1.29, 1.82) is 0 Å². The number of hydrogen-bond donors (Lipinski definition) is 4. The van der Waals surface area contributed by atoms with E-state index in [1.54, 1.807) is 0 Å². The van der Waals surface area contributed by atoms with Crippen LogP contribution >= 0.6 is 0 Å². The lowest BCUT2D eigenvalue weighted by Gasteiger charge is -2.15. The Balaban J connectivity index is 1.82. The third kappa shape index (κ3) is 4.31. The molecule has 2 heterocycles. The molecule has 0 amide bonds. The number of aromatic nitrogens is 4. The van der Waals surface area contributed by atoms with Gasteiger partial charge >= 0.3 is 5.69 Å². The Morgan fingerprint density at radius 3 is 2.67 bits per heavy atom. The predicted molar refractivity (Wildman–Crippen MR) is 106 cm³/mol. The topological polar surface area (TPSA) is 178 Å². The zero-order chi connectivity index (χ0) is 21.8. The van der Waals surface area contributed by atoms with Crippen LogP contribution in [0.2, 0.25) is 0 Å². The first-order valence-electron chi connectivity index (χ1n) is 8.91. The van der Waals surface area contributed by atoms with Crippen molar-refractivity contribution in [3.8, 4) is 5.75 Å². The van der Waals surface area contributed by atoms with Crippen molar-refractivity contribution in [2.75, 3.05) is 25.1 Å². The summed E-state index contributed by atoms with van der Waals surface area (Å²) in [5.41, 5.74) is -1.19. The number of non-ortho nitro benzene ring substituents is 1. The molecule has 13 nitrogen and oxygen atoms in total. The molecule has 160 valence electrons. The van der Waals surface area contributed by atoms with Crippen LogP contribution in [0, 0.1) is 10.1 Å². The number of nitro benzene ring substituents is 1. The summed E-state index contributed by atoms with van der Waals surface area (Å²) in [6.07, 6.45) is -1.08. The molecule has 0 fully saturated rings. The molecule has 2 aromatic heterocycles. The summed E-state index contributed by atoms with van der Waals surface area (Å²) >= 11 is 0. The number of aromatic amines is 1. The highest BCUT2D eigenvalue weighted by molar-refractivity contribution is 5.74. The second-order valence-electron chi connectivity index (χ2n) is 6.40. The molecule has 0 spiro atoms. The van der Waals surface area contributed by atoms with Crippen LogP contribution in [-0.2, 0) is 13.6 Å². The number of aryl methyl sites for hydroxylation is 1. The van der Waals surface area contributed by atoms with E-state index < -0.39 is 22.3 Å². The molecule has 3 rings (SSSR count). The molecule has 13 heteroatoms. The number of imidazole rings is 1. The maximum absolute atomic E-state index is 12.3. The largest absolute Gasteiger partial charge is 0.491 e. The Hall–Kier alpha value is -3.71. The number of benzene rings is 1. The highest BCUT2D eigenvalue weighted by Crippen LogP contribution is 2.19. The first kappa shape index (κ1) is 21.0. The quantitative estimate of drug-likeness (QED) is 0.254. The number of fused-ring (bicyclic) bond motifs is 1. The monoisotopic (exact) mass is 420 g/mol. The molecule has 4 N–H and O–H groups in total. The third-order valence-electron chi connectivity index (χ3n) is 4.29. The van der Waals surface area contributed by atoms with Gasteiger partial charge in [0.2, 0.25) is 5.95 Å². The lowest BCUT2D eigenvalue weighted by molar-refractivity contribution is -0.384. The number of ether oxygens (including phenoxy) is 1. The van der Waals surface area contributed by atoms with E-state index in [9.17, 15) is 24.8 Å². The number of rotatable bonds is 9. The molecule has 0 saturated heterocycles. The van der Waals surface area contributed by atoms with Crippen molar-refractivity contribution in [2.45, 2.75) is 12.6 Å². The summed E-state index contributed by atoms with van der Waals surface area (Å²) in [4.78, 5) is 40.7. The number of nitro groups is 1. The minimum absolute atomic E-state index is 0.0759. The lowest BCUT2D eigenvalue weighted by atomic mass is 10.3. The molecule has 0 aliphatic heterocycles. The Morgan fingerprint density at radius 1 is 1.33 bits per heavy atom. The van der Waals surface area contributed by atoms with Crippen LogP contribution in [-0.4, -0.2) is 60.1 Å². The zero-order valence-electron chi connectivity index (χ0n) is 15.9. The van der Waals surface area contributed by atoms with Crippen molar-refractivity contribution >= 4 is 22.8 Å². The van der Waals surface area contributed by atoms with E-state index in [1.165, 1.54) is 35.9 Å². The average Bonchev–Trinajstić information content (AvgIpc) is 3.08. The van der Waals surface area contributed by atoms with Crippen LogP contribution in [0.1, 0.15) is 0 Å². The highest BCUT2D eigenvalue weighted by Gasteiger charge is 2.20. The maximum atomic E-state index is 12.3. The van der Waals surface area contributed by atoms with E-state index in [0.29, 0.717) is 5.75 Å². The number of hydrogen-bond acceptors (Lipinski definition) is 9. The molecule has 0 bridgehead atoms. The van der Waals surface area contributed by atoms with Gasteiger partial charge in [0, 0.05) is 25.7 Å². The second kappa shape index (κ2) is 8.75. The van der Waals surface area contributed by atoms with Gasteiger partial charge in [-0.05, 0) is 12.1 Å². The summed E-state index contributed by atoms with van der Waals surface area (Å²) in [6.45, 7) is -0.312. The molecule has 0 radical (unpaired) electrons. The van der Waals surface area contributed by atoms with E-state index in [2.05, 4.69) is 15.3 Å². The number of aliphatic hydroxyl groups excluding tert-OH is 2. The molecular formula is C17H20N6O7. The van der Waals surface area contributed by atoms with E-state index in [4.69, 9.17) is 9.84 Å². The van der Waals surface area contributed by atoms with Crippen molar-refractivity contribution in [2.24, 2.45) is 7.05 Å². The molecule has 1 unspecified atom stereocenters. The fraction of sp³-hybridized carbons (Fsp3) is 0.353. The summed E-state index contributed by atoms with van der Waals surface area (Å²) < 4.78 is 8.01. The van der Waals surface area contributed by atoms with E-state index >= 15 is 0 Å². The molecule has 30 heavy (non-hydrogen) atoms. The Morgan fingerprint density at radius 2 is 2.03 bits per heavy atom. The van der Waals surface area contributed by atoms with Crippen molar-refractivity contribution < 1.29 is 19.9 Å². The minimum atomic E-state index is -1.08.